The van der Waals surface area contributed by atoms with Gasteiger partial charge in [0, 0.05) is 19.1 Å². The molecule has 2 saturated heterocycles. The number of rotatable bonds is 8. The van der Waals surface area contributed by atoms with Crippen molar-refractivity contribution in [1.29, 1.82) is 0 Å². The second-order valence-corrected chi connectivity index (χ2v) is 11.8. The maximum absolute atomic E-state index is 13.6. The van der Waals surface area contributed by atoms with Gasteiger partial charge in [0.25, 0.3) is 10.9 Å². The fourth-order valence-electron chi connectivity index (χ4n) is 4.90. The number of sulfonamides is 1. The van der Waals surface area contributed by atoms with Crippen molar-refractivity contribution in [2.24, 2.45) is 0 Å². The van der Waals surface area contributed by atoms with Crippen molar-refractivity contribution in [3.05, 3.63) is 61.3 Å². The van der Waals surface area contributed by atoms with Gasteiger partial charge in [-0.3, -0.25) is 14.5 Å². The lowest BCUT2D eigenvalue weighted by molar-refractivity contribution is -0.0437. The highest BCUT2D eigenvalue weighted by Gasteiger charge is 2.38. The minimum Gasteiger partial charge on any atom is -0.504 e. The first kappa shape index (κ1) is 26.7. The van der Waals surface area contributed by atoms with Gasteiger partial charge in [-0.05, 0) is 44.0 Å². The number of ether oxygens (including phenoxy) is 1. The number of fused-ring (bicyclic) bond motifs is 1. The van der Waals surface area contributed by atoms with E-state index in [9.17, 15) is 23.1 Å². The Morgan fingerprint density at radius 2 is 1.92 bits per heavy atom. The number of halogens is 1. The van der Waals surface area contributed by atoms with Gasteiger partial charge in [-0.15, -0.1) is 0 Å². The maximum Gasteiger partial charge on any atom is 0.253 e. The van der Waals surface area contributed by atoms with Crippen molar-refractivity contribution >= 4 is 38.7 Å². The number of furan rings is 1. The topological polar surface area (TPSA) is 141 Å². The van der Waals surface area contributed by atoms with E-state index in [2.05, 4.69) is 10.6 Å². The number of morpholine rings is 1. The molecule has 0 unspecified atom stereocenters. The smallest absolute Gasteiger partial charge is 0.253 e. The van der Waals surface area contributed by atoms with E-state index in [1.54, 1.807) is 19.1 Å². The third kappa shape index (κ3) is 4.71. The minimum atomic E-state index is -4.18. The number of nitrogens with one attached hydrogen (secondary N) is 2. The molecule has 3 heterocycles. The molecule has 38 heavy (non-hydrogen) atoms. The molecule has 2 aliphatic heterocycles. The first-order valence-electron chi connectivity index (χ1n) is 12.4. The normalized spacial score (nSPS) is 19.8. The van der Waals surface area contributed by atoms with E-state index in [1.165, 1.54) is 16.4 Å². The van der Waals surface area contributed by atoms with E-state index in [0.717, 1.165) is 0 Å². The van der Waals surface area contributed by atoms with E-state index < -0.39 is 31.5 Å². The SMILES string of the molecule is CC[C@@H](Nc1c(Nc2ccc(Cl)c(S(=O)(=O)N3CC[C@@H]4COCCN4C3)c2O)c(=O)c1=O)c1ccc(C)o1. The number of aryl methyl sites for hydroxylation is 1. The van der Waals surface area contributed by atoms with E-state index in [1.807, 2.05) is 11.8 Å². The van der Waals surface area contributed by atoms with Gasteiger partial charge >= 0.3 is 0 Å². The van der Waals surface area contributed by atoms with Gasteiger partial charge in [0.2, 0.25) is 10.0 Å². The first-order chi connectivity index (χ1) is 18.1. The van der Waals surface area contributed by atoms with Crippen molar-refractivity contribution in [2.45, 2.75) is 43.7 Å². The summed E-state index contributed by atoms with van der Waals surface area (Å²) in [6, 6.07) is 6.05. The fourth-order valence-corrected chi connectivity index (χ4v) is 6.92. The summed E-state index contributed by atoms with van der Waals surface area (Å²) in [7, 11) is -4.18. The molecule has 0 saturated carbocycles. The van der Waals surface area contributed by atoms with Crippen molar-refractivity contribution in [3.63, 3.8) is 0 Å². The van der Waals surface area contributed by atoms with Crippen LogP contribution in [0.3, 0.4) is 0 Å². The lowest BCUT2D eigenvalue weighted by atomic mass is 10.1. The number of hydrogen-bond donors (Lipinski definition) is 3. The van der Waals surface area contributed by atoms with Crippen LogP contribution in [0.5, 0.6) is 5.75 Å². The van der Waals surface area contributed by atoms with Gasteiger partial charge in [0.1, 0.15) is 27.8 Å². The summed E-state index contributed by atoms with van der Waals surface area (Å²) >= 11 is 6.28. The lowest BCUT2D eigenvalue weighted by Crippen LogP contribution is -2.56. The number of nitrogens with zero attached hydrogens (tertiary/aromatic N) is 2. The highest BCUT2D eigenvalue weighted by molar-refractivity contribution is 7.89. The number of aromatic hydroxyl groups is 1. The summed E-state index contributed by atoms with van der Waals surface area (Å²) < 4.78 is 39.6. The quantitative estimate of drug-likeness (QED) is 0.276. The Bertz CT molecular complexity index is 1530. The molecule has 13 heteroatoms. The molecule has 0 bridgehead atoms. The van der Waals surface area contributed by atoms with Crippen molar-refractivity contribution in [3.8, 4) is 5.75 Å². The Kier molecular flexibility index (Phi) is 7.27. The molecule has 2 fully saturated rings. The van der Waals surface area contributed by atoms with Crippen LogP contribution in [0.2, 0.25) is 5.02 Å². The van der Waals surface area contributed by atoms with E-state index in [4.69, 9.17) is 20.8 Å². The molecular weight excluding hydrogens is 536 g/mol. The average molecular weight is 565 g/mol. The number of benzene rings is 1. The first-order valence-corrected chi connectivity index (χ1v) is 14.2. The summed E-state index contributed by atoms with van der Waals surface area (Å²) in [5, 5.41) is 16.7. The van der Waals surface area contributed by atoms with E-state index in [-0.39, 0.29) is 47.4 Å². The summed E-state index contributed by atoms with van der Waals surface area (Å²) in [5.41, 5.74) is -1.61. The highest BCUT2D eigenvalue weighted by Crippen LogP contribution is 2.41. The molecule has 11 nitrogen and oxygen atoms in total. The molecule has 3 aromatic rings. The number of anilines is 3. The highest BCUT2D eigenvalue weighted by atomic mass is 35.5. The monoisotopic (exact) mass is 564 g/mol. The second-order valence-electron chi connectivity index (χ2n) is 9.51. The summed E-state index contributed by atoms with van der Waals surface area (Å²) in [6.45, 7) is 5.78. The Morgan fingerprint density at radius 3 is 2.63 bits per heavy atom. The molecule has 0 aliphatic carbocycles. The van der Waals surface area contributed by atoms with Crippen LogP contribution in [0.15, 0.2) is 43.2 Å². The lowest BCUT2D eigenvalue weighted by Gasteiger charge is -2.43. The molecule has 204 valence electrons. The minimum absolute atomic E-state index is 0.0315. The molecule has 2 aromatic carbocycles. The number of hydrogen-bond acceptors (Lipinski definition) is 10. The van der Waals surface area contributed by atoms with Crippen LogP contribution < -0.4 is 21.5 Å². The van der Waals surface area contributed by atoms with Gasteiger partial charge in [-0.25, -0.2) is 8.42 Å². The number of phenols is 1. The summed E-state index contributed by atoms with van der Waals surface area (Å²) in [5.74, 6) is 0.686. The van der Waals surface area contributed by atoms with Crippen LogP contribution in [-0.2, 0) is 14.8 Å². The predicted octanol–water partition coefficient (Wildman–Crippen LogP) is 2.90. The second kappa shape index (κ2) is 10.3. The van der Waals surface area contributed by atoms with Crippen molar-refractivity contribution in [1.82, 2.24) is 9.21 Å². The molecule has 2 aliphatic rings. The largest absolute Gasteiger partial charge is 0.504 e. The molecular formula is C25H29ClN4O7S. The Balaban J connectivity index is 1.42. The zero-order chi connectivity index (χ0) is 27.2. The Labute approximate surface area is 224 Å². The predicted molar refractivity (Wildman–Crippen MR) is 143 cm³/mol. The zero-order valence-electron chi connectivity index (χ0n) is 21.0. The molecule has 0 spiro atoms. The van der Waals surface area contributed by atoms with Gasteiger partial charge in [0.15, 0.2) is 5.75 Å². The van der Waals surface area contributed by atoms with Crippen LogP contribution in [-0.4, -0.2) is 61.7 Å². The van der Waals surface area contributed by atoms with Gasteiger partial charge in [0.05, 0.1) is 36.6 Å². The van der Waals surface area contributed by atoms with E-state index in [0.29, 0.717) is 44.1 Å². The molecule has 3 N–H and O–H groups in total. The van der Waals surface area contributed by atoms with Gasteiger partial charge in [-0.1, -0.05) is 18.5 Å². The van der Waals surface area contributed by atoms with Crippen LogP contribution in [0.25, 0.3) is 0 Å². The molecule has 2 atom stereocenters. The van der Waals surface area contributed by atoms with Gasteiger partial charge in [-0.2, -0.15) is 4.31 Å². The Hall–Kier alpha value is -2.90. The molecule has 0 radical (unpaired) electrons. The fraction of sp³-hybridized carbons (Fsp3) is 0.440. The maximum atomic E-state index is 13.6. The van der Waals surface area contributed by atoms with Crippen LogP contribution >= 0.6 is 11.6 Å². The average Bonchev–Trinajstić information content (AvgIpc) is 3.34. The summed E-state index contributed by atoms with van der Waals surface area (Å²) in [6.07, 6.45) is 1.15. The van der Waals surface area contributed by atoms with Crippen LogP contribution in [0.1, 0.15) is 37.3 Å². The molecule has 5 rings (SSSR count). The van der Waals surface area contributed by atoms with E-state index >= 15 is 0 Å². The van der Waals surface area contributed by atoms with Crippen molar-refractivity contribution in [2.75, 3.05) is 43.6 Å². The molecule has 1 aromatic heterocycles. The summed E-state index contributed by atoms with van der Waals surface area (Å²) in [4.78, 5) is 26.4. The van der Waals surface area contributed by atoms with Crippen LogP contribution in [0.4, 0.5) is 17.1 Å². The van der Waals surface area contributed by atoms with Crippen molar-refractivity contribution < 1.29 is 22.7 Å². The van der Waals surface area contributed by atoms with Crippen LogP contribution in [0, 0.1) is 6.92 Å². The standard InChI is InChI=1S/C25H29ClN4O7S/c1-3-17(19-7-4-14(2)37-19)27-20-21(24(33)23(20)32)28-18-6-5-16(26)25(22(18)31)38(34,35)30-9-8-15-12-36-11-10-29(15)13-30/h4-7,15,17,27-28,31H,3,8-13H2,1-2H3/t15-,17-/m1/s1. The third-order valence-electron chi connectivity index (χ3n) is 7.08. The van der Waals surface area contributed by atoms with Gasteiger partial charge < -0.3 is 24.9 Å². The third-order valence-corrected chi connectivity index (χ3v) is 9.42. The molecule has 0 amide bonds. The zero-order valence-corrected chi connectivity index (χ0v) is 22.6. The Morgan fingerprint density at radius 1 is 1.16 bits per heavy atom. The number of phenolic OH excluding ortho intramolecular Hbond substituents is 1.